The Labute approximate surface area is 221 Å². The van der Waals surface area contributed by atoms with E-state index in [0.717, 1.165) is 16.7 Å². The van der Waals surface area contributed by atoms with Crippen molar-refractivity contribution in [1.82, 2.24) is 5.43 Å². The highest BCUT2D eigenvalue weighted by atomic mass is 16.5. The van der Waals surface area contributed by atoms with Crippen molar-refractivity contribution < 1.29 is 23.8 Å². The molecular formula is C31H26N2O5. The lowest BCUT2D eigenvalue weighted by Crippen LogP contribution is -2.24. The van der Waals surface area contributed by atoms with Gasteiger partial charge >= 0.3 is 5.97 Å². The summed E-state index contributed by atoms with van der Waals surface area (Å²) in [5.41, 5.74) is 5.12. The average molecular weight is 507 g/mol. The summed E-state index contributed by atoms with van der Waals surface area (Å²) in [6.45, 7) is 0.286. The Morgan fingerprint density at radius 3 is 1.97 bits per heavy atom. The molecule has 0 aliphatic heterocycles. The molecule has 0 radical (unpaired) electrons. The van der Waals surface area contributed by atoms with Crippen molar-refractivity contribution in [2.75, 3.05) is 6.61 Å². The molecule has 1 N–H and O–H groups in total. The number of esters is 1. The van der Waals surface area contributed by atoms with Gasteiger partial charge in [0.1, 0.15) is 23.9 Å². The van der Waals surface area contributed by atoms with Crippen LogP contribution in [-0.2, 0) is 16.2 Å². The van der Waals surface area contributed by atoms with Gasteiger partial charge in [0.2, 0.25) is 0 Å². The van der Waals surface area contributed by atoms with E-state index in [1.165, 1.54) is 12.3 Å². The summed E-state index contributed by atoms with van der Waals surface area (Å²) in [6.07, 6.45) is 4.54. The van der Waals surface area contributed by atoms with Crippen LogP contribution >= 0.6 is 0 Å². The number of carbonyl (C=O) groups excluding carboxylic acids is 2. The molecule has 0 saturated carbocycles. The van der Waals surface area contributed by atoms with Crippen LogP contribution in [0, 0.1) is 0 Å². The van der Waals surface area contributed by atoms with Gasteiger partial charge in [0.25, 0.3) is 5.91 Å². The molecule has 0 fully saturated rings. The molecule has 0 aromatic heterocycles. The minimum absolute atomic E-state index is 0.188. The summed E-state index contributed by atoms with van der Waals surface area (Å²) in [4.78, 5) is 24.0. The Hall–Kier alpha value is -5.17. The number of nitrogens with one attached hydrogen (secondary N) is 1. The maximum absolute atomic E-state index is 12.0. The van der Waals surface area contributed by atoms with E-state index in [4.69, 9.17) is 14.2 Å². The number of ether oxygens (including phenoxy) is 3. The fourth-order valence-corrected chi connectivity index (χ4v) is 3.23. The molecule has 4 aromatic carbocycles. The first kappa shape index (κ1) is 25.9. The highest BCUT2D eigenvalue weighted by Gasteiger charge is 2.03. The predicted octanol–water partition coefficient (Wildman–Crippen LogP) is 5.41. The van der Waals surface area contributed by atoms with Crippen LogP contribution < -0.4 is 19.6 Å². The second kappa shape index (κ2) is 13.8. The average Bonchev–Trinajstić information content (AvgIpc) is 2.96. The third kappa shape index (κ3) is 8.80. The van der Waals surface area contributed by atoms with Crippen LogP contribution in [0.5, 0.6) is 17.2 Å². The van der Waals surface area contributed by atoms with Crippen molar-refractivity contribution in [2.45, 2.75) is 6.61 Å². The highest BCUT2D eigenvalue weighted by molar-refractivity contribution is 5.89. The Kier molecular flexibility index (Phi) is 9.41. The molecule has 1 amide bonds. The largest absolute Gasteiger partial charge is 0.489 e. The van der Waals surface area contributed by atoms with Crippen LogP contribution in [0.25, 0.3) is 6.08 Å². The van der Waals surface area contributed by atoms with Gasteiger partial charge in [-0.15, -0.1) is 0 Å². The predicted molar refractivity (Wildman–Crippen MR) is 146 cm³/mol. The van der Waals surface area contributed by atoms with Gasteiger partial charge in [-0.2, -0.15) is 5.10 Å². The molecule has 0 spiro atoms. The summed E-state index contributed by atoms with van der Waals surface area (Å²) < 4.78 is 16.5. The summed E-state index contributed by atoms with van der Waals surface area (Å²) in [7, 11) is 0. The van der Waals surface area contributed by atoms with Crippen molar-refractivity contribution in [3.63, 3.8) is 0 Å². The minimum atomic E-state index is -0.475. The topological polar surface area (TPSA) is 86.2 Å². The molecule has 0 heterocycles. The molecule has 38 heavy (non-hydrogen) atoms. The third-order valence-corrected chi connectivity index (χ3v) is 5.15. The lowest BCUT2D eigenvalue weighted by molar-refractivity contribution is -0.129. The van der Waals surface area contributed by atoms with Gasteiger partial charge in [-0.3, -0.25) is 4.79 Å². The van der Waals surface area contributed by atoms with Crippen LogP contribution in [0.3, 0.4) is 0 Å². The Morgan fingerprint density at radius 1 is 0.684 bits per heavy atom. The number of benzene rings is 4. The van der Waals surface area contributed by atoms with Crippen LogP contribution in [0.15, 0.2) is 120 Å². The molecule has 7 heteroatoms. The number of hydrogen-bond donors (Lipinski definition) is 1. The fourth-order valence-electron chi connectivity index (χ4n) is 3.23. The molecule has 4 rings (SSSR count). The van der Waals surface area contributed by atoms with Crippen molar-refractivity contribution >= 4 is 24.2 Å². The van der Waals surface area contributed by atoms with E-state index >= 15 is 0 Å². The van der Waals surface area contributed by atoms with Gasteiger partial charge < -0.3 is 14.2 Å². The molecule has 0 unspecified atom stereocenters. The molecule has 0 saturated heterocycles. The standard InChI is InChI=1S/C31H26N2O5/c34-30(23-37-28-18-16-27(17-19-28)36-22-26-9-5-2-6-10-26)33-32-21-25-11-14-29(15-12-25)38-31(35)20-13-24-7-3-1-4-8-24/h1-21H,22-23H2,(H,33,34)/b20-13+,32-21+. The first-order valence-corrected chi connectivity index (χ1v) is 11.9. The molecule has 0 atom stereocenters. The Balaban J connectivity index is 1.15. The molecular weight excluding hydrogens is 480 g/mol. The van der Waals surface area contributed by atoms with E-state index in [0.29, 0.717) is 23.9 Å². The van der Waals surface area contributed by atoms with Crippen molar-refractivity contribution in [1.29, 1.82) is 0 Å². The third-order valence-electron chi connectivity index (χ3n) is 5.15. The first-order chi connectivity index (χ1) is 18.6. The lowest BCUT2D eigenvalue weighted by Gasteiger charge is -2.08. The maximum atomic E-state index is 12.0. The van der Waals surface area contributed by atoms with Crippen molar-refractivity contribution in [3.05, 3.63) is 132 Å². The number of hydrogen-bond acceptors (Lipinski definition) is 6. The first-order valence-electron chi connectivity index (χ1n) is 11.9. The van der Waals surface area contributed by atoms with Gasteiger partial charge in [-0.1, -0.05) is 60.7 Å². The number of nitrogens with zero attached hydrogens (tertiary/aromatic N) is 1. The van der Waals surface area contributed by atoms with Crippen LogP contribution in [0.4, 0.5) is 0 Å². The van der Waals surface area contributed by atoms with Gasteiger partial charge in [0.15, 0.2) is 6.61 Å². The zero-order valence-electron chi connectivity index (χ0n) is 20.5. The second-order valence-electron chi connectivity index (χ2n) is 8.06. The lowest BCUT2D eigenvalue weighted by atomic mass is 10.2. The normalized spacial score (nSPS) is 10.8. The monoisotopic (exact) mass is 506 g/mol. The van der Waals surface area contributed by atoms with Crippen molar-refractivity contribution in [2.24, 2.45) is 5.10 Å². The molecule has 190 valence electrons. The Bertz CT molecular complexity index is 1370. The SMILES string of the molecule is O=C(COc1ccc(OCc2ccccc2)cc1)N/N=C/c1ccc(OC(=O)/C=C/c2ccccc2)cc1. The highest BCUT2D eigenvalue weighted by Crippen LogP contribution is 2.18. The number of rotatable bonds is 11. The van der Waals surface area contributed by atoms with Gasteiger partial charge in [-0.05, 0) is 71.3 Å². The van der Waals surface area contributed by atoms with Crippen LogP contribution in [0.1, 0.15) is 16.7 Å². The van der Waals surface area contributed by atoms with Gasteiger partial charge in [0.05, 0.1) is 6.21 Å². The zero-order valence-corrected chi connectivity index (χ0v) is 20.5. The van der Waals surface area contributed by atoms with Crippen LogP contribution in [-0.4, -0.2) is 24.7 Å². The van der Waals surface area contributed by atoms with E-state index in [-0.39, 0.29) is 6.61 Å². The van der Waals surface area contributed by atoms with Crippen LogP contribution in [0.2, 0.25) is 0 Å². The Morgan fingerprint density at radius 2 is 1.29 bits per heavy atom. The smallest absolute Gasteiger partial charge is 0.336 e. The van der Waals surface area contributed by atoms with Gasteiger partial charge in [0, 0.05) is 6.08 Å². The fraction of sp³-hybridized carbons (Fsp3) is 0.0645. The number of hydrazone groups is 1. The number of amides is 1. The van der Waals surface area contributed by atoms with Crippen molar-refractivity contribution in [3.8, 4) is 17.2 Å². The summed E-state index contributed by atoms with van der Waals surface area (Å²) in [5, 5.41) is 3.93. The van der Waals surface area contributed by atoms with E-state index in [9.17, 15) is 9.59 Å². The second-order valence-corrected chi connectivity index (χ2v) is 8.06. The molecule has 0 aliphatic carbocycles. The van der Waals surface area contributed by atoms with Gasteiger partial charge in [-0.25, -0.2) is 10.2 Å². The molecule has 0 aliphatic rings. The summed E-state index contributed by atoms with van der Waals surface area (Å²) in [5.74, 6) is 0.775. The number of carbonyl (C=O) groups is 2. The summed E-state index contributed by atoms with van der Waals surface area (Å²) >= 11 is 0. The molecule has 4 aromatic rings. The van der Waals surface area contributed by atoms with E-state index in [2.05, 4.69) is 10.5 Å². The quantitative estimate of drug-likeness (QED) is 0.0966. The maximum Gasteiger partial charge on any atom is 0.336 e. The van der Waals surface area contributed by atoms with E-state index in [1.54, 1.807) is 54.6 Å². The molecule has 7 nitrogen and oxygen atoms in total. The summed E-state index contributed by atoms with van der Waals surface area (Å²) in [6, 6.07) is 33.1. The van der Waals surface area contributed by atoms with E-state index < -0.39 is 11.9 Å². The minimum Gasteiger partial charge on any atom is -0.489 e. The zero-order chi connectivity index (χ0) is 26.4. The van der Waals surface area contributed by atoms with E-state index in [1.807, 2.05) is 60.7 Å². The molecule has 0 bridgehead atoms.